The summed E-state index contributed by atoms with van der Waals surface area (Å²) in [6, 6.07) is 12.4. The molecule has 0 aromatic heterocycles. The van der Waals surface area contributed by atoms with Crippen LogP contribution in [0.5, 0.6) is 5.75 Å². The standard InChI is InChI=1S/C21H22Cl2N2O3/c1-14-2-5-17(6-3-14)28-13-20(26)25-10-8-16(9-11-25)24-21(27)18-7-4-15(22)12-19(18)23/h2-7,12,16H,8-11,13H2,1H3,(H,24,27). The molecule has 2 aromatic carbocycles. The van der Waals surface area contributed by atoms with Crippen molar-refractivity contribution in [2.24, 2.45) is 0 Å². The lowest BCUT2D eigenvalue weighted by molar-refractivity contribution is -0.134. The van der Waals surface area contributed by atoms with Crippen LogP contribution in [0.1, 0.15) is 28.8 Å². The summed E-state index contributed by atoms with van der Waals surface area (Å²) in [6.45, 7) is 3.17. The number of piperidine rings is 1. The van der Waals surface area contributed by atoms with Gasteiger partial charge in [-0.3, -0.25) is 9.59 Å². The van der Waals surface area contributed by atoms with E-state index < -0.39 is 0 Å². The number of rotatable bonds is 5. The third-order valence-electron chi connectivity index (χ3n) is 4.74. The highest BCUT2D eigenvalue weighted by atomic mass is 35.5. The zero-order valence-electron chi connectivity index (χ0n) is 15.6. The number of carbonyl (C=O) groups is 2. The van der Waals surface area contributed by atoms with Crippen LogP contribution < -0.4 is 10.1 Å². The number of hydrogen-bond acceptors (Lipinski definition) is 3. The molecule has 1 fully saturated rings. The van der Waals surface area contributed by atoms with Crippen LogP contribution >= 0.6 is 23.2 Å². The summed E-state index contributed by atoms with van der Waals surface area (Å²) in [6.07, 6.45) is 1.38. The first-order chi connectivity index (χ1) is 13.4. The van der Waals surface area contributed by atoms with Crippen LogP contribution in [0.25, 0.3) is 0 Å². The van der Waals surface area contributed by atoms with Crippen molar-refractivity contribution in [1.82, 2.24) is 10.2 Å². The molecule has 0 radical (unpaired) electrons. The molecule has 0 unspecified atom stereocenters. The van der Waals surface area contributed by atoms with Crippen molar-refractivity contribution < 1.29 is 14.3 Å². The second kappa shape index (κ2) is 9.30. The molecule has 0 spiro atoms. The molecule has 0 bridgehead atoms. The highest BCUT2D eigenvalue weighted by molar-refractivity contribution is 6.36. The van der Waals surface area contributed by atoms with Crippen LogP contribution in [0.2, 0.25) is 10.0 Å². The minimum absolute atomic E-state index is 0.00121. The Morgan fingerprint density at radius 3 is 2.43 bits per heavy atom. The zero-order valence-corrected chi connectivity index (χ0v) is 17.1. The lowest BCUT2D eigenvalue weighted by Crippen LogP contribution is -2.47. The Morgan fingerprint density at radius 2 is 1.79 bits per heavy atom. The van der Waals surface area contributed by atoms with Crippen LogP contribution in [0.4, 0.5) is 0 Å². The Labute approximate surface area is 174 Å². The topological polar surface area (TPSA) is 58.6 Å². The van der Waals surface area contributed by atoms with Crippen LogP contribution in [-0.4, -0.2) is 42.5 Å². The minimum Gasteiger partial charge on any atom is -0.484 e. The number of carbonyl (C=O) groups excluding carboxylic acids is 2. The first kappa shape index (κ1) is 20.5. The molecule has 3 rings (SSSR count). The number of likely N-dealkylation sites (tertiary alicyclic amines) is 1. The largest absolute Gasteiger partial charge is 0.484 e. The second-order valence-corrected chi connectivity index (χ2v) is 7.70. The monoisotopic (exact) mass is 420 g/mol. The Balaban J connectivity index is 1.45. The molecule has 0 aliphatic carbocycles. The van der Waals surface area contributed by atoms with Gasteiger partial charge in [-0.05, 0) is 50.1 Å². The normalized spacial score (nSPS) is 14.6. The summed E-state index contributed by atoms with van der Waals surface area (Å²) in [4.78, 5) is 26.5. The molecular weight excluding hydrogens is 399 g/mol. The summed E-state index contributed by atoms with van der Waals surface area (Å²) in [5.41, 5.74) is 1.54. The number of halogens is 2. The summed E-state index contributed by atoms with van der Waals surface area (Å²) in [5, 5.41) is 3.79. The summed E-state index contributed by atoms with van der Waals surface area (Å²) in [7, 11) is 0. The summed E-state index contributed by atoms with van der Waals surface area (Å²) < 4.78 is 5.56. The van der Waals surface area contributed by atoms with E-state index in [1.807, 2.05) is 31.2 Å². The molecular formula is C21H22Cl2N2O3. The molecule has 1 aliphatic heterocycles. The number of nitrogens with zero attached hydrogens (tertiary/aromatic N) is 1. The summed E-state index contributed by atoms with van der Waals surface area (Å²) >= 11 is 12.0. The van der Waals surface area contributed by atoms with E-state index in [4.69, 9.17) is 27.9 Å². The predicted molar refractivity (Wildman–Crippen MR) is 110 cm³/mol. The van der Waals surface area contributed by atoms with Gasteiger partial charge >= 0.3 is 0 Å². The quantitative estimate of drug-likeness (QED) is 0.791. The van der Waals surface area contributed by atoms with E-state index in [1.165, 1.54) is 0 Å². The maximum Gasteiger partial charge on any atom is 0.260 e. The summed E-state index contributed by atoms with van der Waals surface area (Å²) in [5.74, 6) is 0.404. The molecule has 0 atom stereocenters. The fourth-order valence-corrected chi connectivity index (χ4v) is 3.58. The molecule has 5 nitrogen and oxygen atoms in total. The smallest absolute Gasteiger partial charge is 0.260 e. The highest BCUT2D eigenvalue weighted by Crippen LogP contribution is 2.21. The Hall–Kier alpha value is -2.24. The average Bonchev–Trinajstić information content (AvgIpc) is 2.67. The molecule has 1 saturated heterocycles. The number of benzene rings is 2. The van der Waals surface area contributed by atoms with Gasteiger partial charge in [0.1, 0.15) is 5.75 Å². The molecule has 2 aromatic rings. The molecule has 1 aliphatic rings. The lowest BCUT2D eigenvalue weighted by atomic mass is 10.0. The fourth-order valence-electron chi connectivity index (χ4n) is 3.08. The molecule has 1 N–H and O–H groups in total. The molecule has 7 heteroatoms. The van der Waals surface area contributed by atoms with E-state index in [9.17, 15) is 9.59 Å². The van der Waals surface area contributed by atoms with E-state index in [-0.39, 0.29) is 24.5 Å². The number of amides is 2. The van der Waals surface area contributed by atoms with Gasteiger partial charge in [-0.2, -0.15) is 0 Å². The van der Waals surface area contributed by atoms with Crippen molar-refractivity contribution in [2.75, 3.05) is 19.7 Å². The van der Waals surface area contributed by atoms with Gasteiger partial charge in [0.2, 0.25) is 0 Å². The highest BCUT2D eigenvalue weighted by Gasteiger charge is 2.25. The van der Waals surface area contributed by atoms with E-state index in [2.05, 4.69) is 5.32 Å². The molecule has 148 valence electrons. The van der Waals surface area contributed by atoms with E-state index >= 15 is 0 Å². The zero-order chi connectivity index (χ0) is 20.1. The number of ether oxygens (including phenoxy) is 1. The molecule has 1 heterocycles. The van der Waals surface area contributed by atoms with Gasteiger partial charge in [-0.1, -0.05) is 40.9 Å². The number of hydrogen-bond donors (Lipinski definition) is 1. The van der Waals surface area contributed by atoms with Crippen molar-refractivity contribution >= 4 is 35.0 Å². The average molecular weight is 421 g/mol. The van der Waals surface area contributed by atoms with Crippen molar-refractivity contribution in [1.29, 1.82) is 0 Å². The second-order valence-electron chi connectivity index (χ2n) is 6.85. The van der Waals surface area contributed by atoms with Crippen molar-refractivity contribution in [3.05, 3.63) is 63.6 Å². The van der Waals surface area contributed by atoms with Gasteiger partial charge in [-0.25, -0.2) is 0 Å². The maximum atomic E-state index is 12.4. The fraction of sp³-hybridized carbons (Fsp3) is 0.333. The van der Waals surface area contributed by atoms with Crippen LogP contribution in [0.3, 0.4) is 0 Å². The predicted octanol–water partition coefficient (Wildman–Crippen LogP) is 4.10. The first-order valence-electron chi connectivity index (χ1n) is 9.15. The lowest BCUT2D eigenvalue weighted by Gasteiger charge is -2.32. The third kappa shape index (κ3) is 5.40. The number of nitrogens with one attached hydrogen (secondary N) is 1. The minimum atomic E-state index is -0.228. The Bertz CT molecular complexity index is 847. The van der Waals surface area contributed by atoms with Crippen LogP contribution in [-0.2, 0) is 4.79 Å². The Morgan fingerprint density at radius 1 is 1.11 bits per heavy atom. The molecule has 0 saturated carbocycles. The van der Waals surface area contributed by atoms with Gasteiger partial charge < -0.3 is 15.0 Å². The van der Waals surface area contributed by atoms with Gasteiger partial charge in [0.15, 0.2) is 6.61 Å². The number of aryl methyl sites for hydroxylation is 1. The van der Waals surface area contributed by atoms with E-state index in [0.717, 1.165) is 5.56 Å². The van der Waals surface area contributed by atoms with E-state index in [0.29, 0.717) is 47.3 Å². The van der Waals surface area contributed by atoms with Gasteiger partial charge in [0.25, 0.3) is 11.8 Å². The maximum absolute atomic E-state index is 12.4. The van der Waals surface area contributed by atoms with Crippen LogP contribution in [0, 0.1) is 6.92 Å². The van der Waals surface area contributed by atoms with Gasteiger partial charge in [0.05, 0.1) is 10.6 Å². The van der Waals surface area contributed by atoms with E-state index in [1.54, 1.807) is 23.1 Å². The van der Waals surface area contributed by atoms with Gasteiger partial charge in [0, 0.05) is 24.2 Å². The van der Waals surface area contributed by atoms with Crippen LogP contribution in [0.15, 0.2) is 42.5 Å². The Kier molecular flexibility index (Phi) is 6.81. The van der Waals surface area contributed by atoms with Gasteiger partial charge in [-0.15, -0.1) is 0 Å². The third-order valence-corrected chi connectivity index (χ3v) is 5.29. The first-order valence-corrected chi connectivity index (χ1v) is 9.91. The van der Waals surface area contributed by atoms with Crippen molar-refractivity contribution in [2.45, 2.75) is 25.8 Å². The molecule has 28 heavy (non-hydrogen) atoms. The van der Waals surface area contributed by atoms with Crippen molar-refractivity contribution in [3.8, 4) is 5.75 Å². The van der Waals surface area contributed by atoms with Crippen molar-refractivity contribution in [3.63, 3.8) is 0 Å². The SMILES string of the molecule is Cc1ccc(OCC(=O)N2CCC(NC(=O)c3ccc(Cl)cc3Cl)CC2)cc1. The molecule has 2 amide bonds.